The minimum Gasteiger partial charge on any atom is -0.394 e. The number of hydrogen-bond acceptors (Lipinski definition) is 5. The van der Waals surface area contributed by atoms with Crippen molar-refractivity contribution in [3.8, 4) is 0 Å². The molecule has 0 saturated heterocycles. The van der Waals surface area contributed by atoms with Gasteiger partial charge in [0.1, 0.15) is 11.4 Å². The summed E-state index contributed by atoms with van der Waals surface area (Å²) in [6.45, 7) is 0. The van der Waals surface area contributed by atoms with Crippen molar-refractivity contribution >= 4 is 39.6 Å². The molecule has 0 atom stereocenters. The molecule has 0 heterocycles. The third-order valence-electron chi connectivity index (χ3n) is 4.01. The van der Waals surface area contributed by atoms with Crippen LogP contribution in [0.4, 0.5) is 17.1 Å². The molecule has 5 heteroatoms. The van der Waals surface area contributed by atoms with Crippen molar-refractivity contribution in [2.45, 2.75) is 9.79 Å². The molecule has 0 radical (unpaired) electrons. The number of benzene rings is 3. The molecule has 4 rings (SSSR count). The Hall–Kier alpha value is -3.05. The van der Waals surface area contributed by atoms with Crippen LogP contribution in [0.5, 0.6) is 0 Å². The van der Waals surface area contributed by atoms with Gasteiger partial charge in [-0.05, 0) is 41.1 Å². The summed E-state index contributed by atoms with van der Waals surface area (Å²) in [6.07, 6.45) is 0. The minimum atomic E-state index is -0.621. The summed E-state index contributed by atoms with van der Waals surface area (Å²) in [4.78, 5) is 24.9. The molecule has 4 aromatic carbocycles. The highest BCUT2D eigenvalue weighted by molar-refractivity contribution is 7.99. The molecular formula is C20H14N2O2S. The number of rotatable bonds is 4. The zero-order valence-electron chi connectivity index (χ0n) is 13.2. The molecule has 122 valence electrons. The summed E-state index contributed by atoms with van der Waals surface area (Å²) in [5.74, 6) is 0. The van der Waals surface area contributed by atoms with Gasteiger partial charge in [0.2, 0.25) is 0 Å². The zero-order valence-corrected chi connectivity index (χ0v) is 14.0. The summed E-state index contributed by atoms with van der Waals surface area (Å²) in [6, 6.07) is 22.2. The van der Waals surface area contributed by atoms with Gasteiger partial charge in [-0.15, -0.1) is 0 Å². The van der Waals surface area contributed by atoms with Crippen LogP contribution in [0.2, 0.25) is 0 Å². The molecule has 0 aliphatic heterocycles. The van der Waals surface area contributed by atoms with Crippen LogP contribution in [0, 0.1) is 0 Å². The van der Waals surface area contributed by atoms with Crippen LogP contribution in [0.3, 0.4) is 0 Å². The fourth-order valence-electron chi connectivity index (χ4n) is 2.68. The van der Waals surface area contributed by atoms with E-state index in [-0.39, 0.29) is 11.4 Å². The molecule has 0 aromatic heterocycles. The molecule has 0 aliphatic rings. The number of nitrogens with one attached hydrogen (secondary N) is 1. The lowest BCUT2D eigenvalue weighted by atomic mass is 10.1. The highest BCUT2D eigenvalue weighted by Gasteiger charge is 2.17. The van der Waals surface area contributed by atoms with Gasteiger partial charge in [0, 0.05) is 15.5 Å². The largest absolute Gasteiger partial charge is 0.394 e. The van der Waals surface area contributed by atoms with Gasteiger partial charge < -0.3 is 11.1 Å². The zero-order chi connectivity index (χ0) is 17.4. The second-order valence-corrected chi connectivity index (χ2v) is 6.86. The van der Waals surface area contributed by atoms with Crippen LogP contribution in [-0.2, 0) is 0 Å². The molecular weight excluding hydrogens is 332 g/mol. The van der Waals surface area contributed by atoms with Crippen LogP contribution in [0.25, 0.3) is 10.8 Å². The van der Waals surface area contributed by atoms with Gasteiger partial charge >= 0.3 is 0 Å². The quantitative estimate of drug-likeness (QED) is 0.548. The molecule has 0 saturated carbocycles. The molecule has 3 N–H and O–H groups in total. The predicted octanol–water partition coefficient (Wildman–Crippen LogP) is 3.91. The van der Waals surface area contributed by atoms with Crippen LogP contribution < -0.4 is 21.9 Å². The topological polar surface area (TPSA) is 72.2 Å². The Morgan fingerprint density at radius 2 is 1.52 bits per heavy atom. The van der Waals surface area contributed by atoms with Crippen molar-refractivity contribution in [2.24, 2.45) is 0 Å². The molecule has 0 fully saturated rings. The van der Waals surface area contributed by atoms with Crippen molar-refractivity contribution in [3.05, 3.63) is 87.2 Å². The first-order valence-corrected chi connectivity index (χ1v) is 8.56. The van der Waals surface area contributed by atoms with Crippen molar-refractivity contribution in [3.63, 3.8) is 0 Å². The van der Waals surface area contributed by atoms with E-state index in [2.05, 4.69) is 35.6 Å². The maximum atomic E-state index is 11.5. The van der Waals surface area contributed by atoms with Crippen LogP contribution >= 0.6 is 11.8 Å². The number of hydrogen-bond donors (Lipinski definition) is 2. The second-order valence-electron chi connectivity index (χ2n) is 5.71. The average molecular weight is 346 g/mol. The first-order chi connectivity index (χ1) is 12.1. The Morgan fingerprint density at radius 1 is 0.760 bits per heavy atom. The smallest absolute Gasteiger partial charge is 0.253 e. The summed E-state index contributed by atoms with van der Waals surface area (Å²) in [5.41, 5.74) is 5.28. The van der Waals surface area contributed by atoms with E-state index in [4.69, 9.17) is 5.73 Å². The minimum absolute atomic E-state index is 0.00224. The molecule has 0 bridgehead atoms. The van der Waals surface area contributed by atoms with Gasteiger partial charge in [0.25, 0.3) is 10.9 Å². The third-order valence-corrected chi connectivity index (χ3v) is 4.99. The molecule has 25 heavy (non-hydrogen) atoms. The maximum Gasteiger partial charge on any atom is 0.253 e. The highest BCUT2D eigenvalue weighted by Crippen LogP contribution is 2.32. The number of nitrogens with two attached hydrogens (primary N) is 1. The van der Waals surface area contributed by atoms with Gasteiger partial charge in [-0.1, -0.05) is 48.2 Å². The normalized spacial score (nSPS) is 11.0. The summed E-state index contributed by atoms with van der Waals surface area (Å²) < 4.78 is 0. The van der Waals surface area contributed by atoms with Gasteiger partial charge in [-0.3, -0.25) is 9.59 Å². The average Bonchev–Trinajstić information content (AvgIpc) is 2.65. The first-order valence-electron chi connectivity index (χ1n) is 7.74. The second kappa shape index (κ2) is 6.11. The van der Waals surface area contributed by atoms with E-state index < -0.39 is 10.9 Å². The lowest BCUT2D eigenvalue weighted by molar-refractivity contribution is 1.36. The van der Waals surface area contributed by atoms with Crippen molar-refractivity contribution in [2.75, 3.05) is 11.1 Å². The Labute approximate surface area is 148 Å². The molecule has 4 aromatic rings. The van der Waals surface area contributed by atoms with E-state index in [1.807, 2.05) is 36.4 Å². The van der Waals surface area contributed by atoms with E-state index in [9.17, 15) is 9.59 Å². The van der Waals surface area contributed by atoms with Crippen molar-refractivity contribution in [1.29, 1.82) is 0 Å². The van der Waals surface area contributed by atoms with Crippen molar-refractivity contribution in [1.82, 2.24) is 0 Å². The van der Waals surface area contributed by atoms with Gasteiger partial charge in [0.15, 0.2) is 0 Å². The molecule has 0 amide bonds. The molecule has 0 spiro atoms. The standard InChI is InChI=1S/C20H14N2O2S/c21-17-18(20(24)19(17)23)22-14-6-3-7-15(11-14)25-16-9-8-12-4-1-2-5-13(12)10-16/h1-11,22H,21H2. The van der Waals surface area contributed by atoms with Gasteiger partial charge in [-0.25, -0.2) is 0 Å². The molecule has 0 aliphatic carbocycles. The number of fused-ring (bicyclic) bond motifs is 1. The van der Waals surface area contributed by atoms with Gasteiger partial charge in [-0.2, -0.15) is 0 Å². The fraction of sp³-hybridized carbons (Fsp3) is 0. The van der Waals surface area contributed by atoms with E-state index in [1.54, 1.807) is 11.8 Å². The Kier molecular flexibility index (Phi) is 3.78. The lowest BCUT2D eigenvalue weighted by Crippen LogP contribution is -2.36. The monoisotopic (exact) mass is 346 g/mol. The van der Waals surface area contributed by atoms with Gasteiger partial charge in [0.05, 0.1) is 0 Å². The van der Waals surface area contributed by atoms with E-state index in [1.165, 1.54) is 10.8 Å². The van der Waals surface area contributed by atoms with Crippen LogP contribution in [0.15, 0.2) is 86.1 Å². The first kappa shape index (κ1) is 15.5. The number of nitrogen functional groups attached to an aromatic ring is 1. The SMILES string of the molecule is Nc1c(Nc2cccc(Sc3ccc4ccccc4c3)c2)c(=O)c1=O. The maximum absolute atomic E-state index is 11.5. The molecule has 0 unspecified atom stereocenters. The van der Waals surface area contributed by atoms with E-state index in [0.717, 1.165) is 15.5 Å². The predicted molar refractivity (Wildman–Crippen MR) is 104 cm³/mol. The summed E-state index contributed by atoms with van der Waals surface area (Å²) >= 11 is 1.63. The van der Waals surface area contributed by atoms with Crippen LogP contribution in [0.1, 0.15) is 0 Å². The molecule has 4 nitrogen and oxygen atoms in total. The summed E-state index contributed by atoms with van der Waals surface area (Å²) in [5, 5.41) is 5.33. The fourth-order valence-corrected chi connectivity index (χ4v) is 3.61. The highest BCUT2D eigenvalue weighted by atomic mass is 32.2. The Balaban J connectivity index is 1.58. The Morgan fingerprint density at radius 3 is 2.32 bits per heavy atom. The van der Waals surface area contributed by atoms with E-state index in [0.29, 0.717) is 0 Å². The lowest BCUT2D eigenvalue weighted by Gasteiger charge is -2.11. The van der Waals surface area contributed by atoms with Crippen LogP contribution in [-0.4, -0.2) is 0 Å². The van der Waals surface area contributed by atoms with E-state index >= 15 is 0 Å². The summed E-state index contributed by atoms with van der Waals surface area (Å²) in [7, 11) is 0. The Bertz CT molecular complexity index is 1160. The number of anilines is 3. The van der Waals surface area contributed by atoms with Crippen molar-refractivity contribution < 1.29 is 0 Å². The third kappa shape index (κ3) is 2.90.